The number of para-hydroxylation sites is 1. The van der Waals surface area contributed by atoms with E-state index in [0.717, 1.165) is 17.7 Å². The maximum atomic E-state index is 12.3. The van der Waals surface area contributed by atoms with Crippen LogP contribution in [0.2, 0.25) is 0 Å². The van der Waals surface area contributed by atoms with Crippen molar-refractivity contribution < 1.29 is 17.9 Å². The van der Waals surface area contributed by atoms with Crippen LogP contribution in [0.4, 0.5) is 10.8 Å². The van der Waals surface area contributed by atoms with Crippen LogP contribution in [0.25, 0.3) is 0 Å². The van der Waals surface area contributed by atoms with Crippen molar-refractivity contribution >= 4 is 38.1 Å². The molecule has 0 aliphatic carbocycles. The molecule has 10 heteroatoms. The van der Waals surface area contributed by atoms with E-state index in [1.165, 1.54) is 11.3 Å². The Balaban J connectivity index is 1.87. The summed E-state index contributed by atoms with van der Waals surface area (Å²) in [6, 6.07) is 18.4. The van der Waals surface area contributed by atoms with Gasteiger partial charge in [-0.25, -0.2) is 18.1 Å². The predicted molar refractivity (Wildman–Crippen MR) is 119 cm³/mol. The fraction of sp³-hybridized carbons (Fsp3) is 0.190. The number of nitrogens with one attached hydrogen (secondary N) is 1. The van der Waals surface area contributed by atoms with E-state index in [1.807, 2.05) is 40.0 Å². The van der Waals surface area contributed by atoms with Crippen molar-refractivity contribution in [3.8, 4) is 11.8 Å². The number of benzene rings is 2. The highest BCUT2D eigenvalue weighted by Gasteiger charge is 2.22. The monoisotopic (exact) mass is 456 g/mol. The molecule has 0 unspecified atom stereocenters. The molecule has 31 heavy (non-hydrogen) atoms. The van der Waals surface area contributed by atoms with Crippen molar-refractivity contribution in [2.45, 2.75) is 6.92 Å². The normalized spacial score (nSPS) is 10.9. The van der Waals surface area contributed by atoms with Gasteiger partial charge in [-0.2, -0.15) is 5.26 Å². The van der Waals surface area contributed by atoms with Crippen LogP contribution in [0.3, 0.4) is 0 Å². The summed E-state index contributed by atoms with van der Waals surface area (Å²) in [6.07, 6.45) is 0.914. The van der Waals surface area contributed by atoms with Gasteiger partial charge in [-0.15, -0.1) is 11.3 Å². The number of amides is 1. The molecule has 3 rings (SSSR count). The van der Waals surface area contributed by atoms with Crippen LogP contribution in [0.1, 0.15) is 20.9 Å². The van der Waals surface area contributed by atoms with Crippen LogP contribution in [0, 0.1) is 18.3 Å². The summed E-state index contributed by atoms with van der Waals surface area (Å²) in [5.41, 5.74) is 1.33. The average Bonchev–Trinajstić information content (AvgIpc) is 3.12. The van der Waals surface area contributed by atoms with Crippen molar-refractivity contribution in [1.29, 1.82) is 5.26 Å². The first-order chi connectivity index (χ1) is 14.8. The van der Waals surface area contributed by atoms with Gasteiger partial charge in [0.15, 0.2) is 5.13 Å². The third-order valence-corrected chi connectivity index (χ3v) is 5.69. The van der Waals surface area contributed by atoms with Crippen LogP contribution in [0.15, 0.2) is 54.6 Å². The van der Waals surface area contributed by atoms with Crippen LogP contribution < -0.4 is 14.4 Å². The van der Waals surface area contributed by atoms with E-state index in [1.54, 1.807) is 31.2 Å². The molecule has 0 radical (unpaired) electrons. The van der Waals surface area contributed by atoms with Gasteiger partial charge in [0.25, 0.3) is 5.91 Å². The molecule has 1 heterocycles. The zero-order valence-electron chi connectivity index (χ0n) is 16.9. The Labute approximate surface area is 184 Å². The zero-order valence-corrected chi connectivity index (χ0v) is 18.5. The molecule has 0 aliphatic heterocycles. The van der Waals surface area contributed by atoms with Crippen molar-refractivity contribution in [1.82, 2.24) is 9.71 Å². The van der Waals surface area contributed by atoms with E-state index in [-0.39, 0.29) is 5.69 Å². The molecule has 1 amide bonds. The minimum atomic E-state index is -3.70. The Morgan fingerprint density at radius 3 is 2.48 bits per heavy atom. The highest BCUT2D eigenvalue weighted by molar-refractivity contribution is 7.89. The third kappa shape index (κ3) is 6.04. The second-order valence-corrected chi connectivity index (χ2v) is 9.51. The van der Waals surface area contributed by atoms with Crippen molar-refractivity contribution in [2.75, 3.05) is 24.3 Å². The number of carbonyl (C=O) groups excluding carboxylic acids is 1. The number of sulfonamides is 1. The summed E-state index contributed by atoms with van der Waals surface area (Å²) in [5, 5.41) is 9.57. The Bertz CT molecular complexity index is 1200. The summed E-state index contributed by atoms with van der Waals surface area (Å²) in [5.74, 6) is -0.0476. The molecule has 160 valence electrons. The maximum absolute atomic E-state index is 12.3. The molecule has 0 fully saturated rings. The number of aryl methyl sites for hydroxylation is 1. The lowest BCUT2D eigenvalue weighted by atomic mass is 10.2. The first kappa shape index (κ1) is 22.3. The molecule has 0 saturated carbocycles. The lowest BCUT2D eigenvalue weighted by Gasteiger charge is -2.22. The highest BCUT2D eigenvalue weighted by atomic mass is 32.2. The maximum Gasteiger partial charge on any atom is 0.284 e. The van der Waals surface area contributed by atoms with Gasteiger partial charge in [0, 0.05) is 10.6 Å². The second-order valence-electron chi connectivity index (χ2n) is 6.58. The quantitative estimate of drug-likeness (QED) is 0.554. The van der Waals surface area contributed by atoms with Crippen LogP contribution in [-0.4, -0.2) is 38.7 Å². The number of carbonyl (C=O) groups is 1. The molecule has 1 N–H and O–H groups in total. The highest BCUT2D eigenvalue weighted by Crippen LogP contribution is 2.31. The molecule has 1 aromatic heterocycles. The van der Waals surface area contributed by atoms with Gasteiger partial charge in [0.1, 0.15) is 18.1 Å². The number of aromatic nitrogens is 1. The second kappa shape index (κ2) is 9.59. The molecule has 0 aliphatic rings. The number of nitrogens with zero attached hydrogens (tertiary/aromatic N) is 3. The molecule has 2 aromatic carbocycles. The van der Waals surface area contributed by atoms with E-state index >= 15 is 0 Å². The van der Waals surface area contributed by atoms with Crippen LogP contribution in [-0.2, 0) is 10.0 Å². The van der Waals surface area contributed by atoms with Gasteiger partial charge in [0.05, 0.1) is 24.4 Å². The number of hydrogen-bond acceptors (Lipinski definition) is 8. The number of nitriles is 1. The van der Waals surface area contributed by atoms with Crippen molar-refractivity contribution in [2.24, 2.45) is 0 Å². The van der Waals surface area contributed by atoms with Crippen LogP contribution in [0.5, 0.6) is 5.75 Å². The first-order valence-electron chi connectivity index (χ1n) is 9.22. The first-order valence-corrected chi connectivity index (χ1v) is 11.9. The summed E-state index contributed by atoms with van der Waals surface area (Å²) < 4.78 is 30.6. The topological polar surface area (TPSA) is 112 Å². The smallest absolute Gasteiger partial charge is 0.284 e. The predicted octanol–water partition coefficient (Wildman–Crippen LogP) is 3.23. The summed E-state index contributed by atoms with van der Waals surface area (Å²) in [4.78, 5) is 19.1. The fourth-order valence-corrected chi connectivity index (χ4v) is 4.13. The van der Waals surface area contributed by atoms with Crippen LogP contribution >= 0.6 is 11.3 Å². The fourth-order valence-electron chi connectivity index (χ4n) is 2.75. The molecular weight excluding hydrogens is 436 g/mol. The number of anilines is 2. The molecule has 0 saturated heterocycles. The van der Waals surface area contributed by atoms with Gasteiger partial charge in [0.2, 0.25) is 10.0 Å². The largest absolute Gasteiger partial charge is 0.492 e. The van der Waals surface area contributed by atoms with Gasteiger partial charge in [-0.05, 0) is 43.3 Å². The number of thiazole rings is 1. The number of ether oxygens (including phenoxy) is 1. The van der Waals surface area contributed by atoms with Crippen molar-refractivity contribution in [3.63, 3.8) is 0 Å². The molecule has 0 bridgehead atoms. The Kier molecular flexibility index (Phi) is 6.89. The summed E-state index contributed by atoms with van der Waals surface area (Å²) in [7, 11) is -3.70. The SMILES string of the molecule is Cc1sc(N(CCOc2ccccc2)c2ccc(C#N)cc2)nc1C(=O)NS(C)(=O)=O. The zero-order chi connectivity index (χ0) is 22.4. The summed E-state index contributed by atoms with van der Waals surface area (Å²) in [6.45, 7) is 2.46. The molecule has 3 aromatic rings. The summed E-state index contributed by atoms with van der Waals surface area (Å²) >= 11 is 1.27. The van der Waals surface area contributed by atoms with Crippen molar-refractivity contribution in [3.05, 3.63) is 70.7 Å². The lowest BCUT2D eigenvalue weighted by molar-refractivity contribution is 0.0977. The van der Waals surface area contributed by atoms with E-state index in [9.17, 15) is 13.2 Å². The molecule has 0 atom stereocenters. The molecular formula is C21H20N4O4S2. The van der Waals surface area contributed by atoms with E-state index in [4.69, 9.17) is 10.00 Å². The van der Waals surface area contributed by atoms with E-state index in [2.05, 4.69) is 11.1 Å². The average molecular weight is 457 g/mol. The number of rotatable bonds is 8. The minimum Gasteiger partial charge on any atom is -0.492 e. The van der Waals surface area contributed by atoms with E-state index in [0.29, 0.717) is 28.7 Å². The Morgan fingerprint density at radius 1 is 1.19 bits per heavy atom. The number of hydrogen-bond donors (Lipinski definition) is 1. The standard InChI is InChI=1S/C21H20N4O4S2/c1-15-19(20(26)24-31(2,27)28)23-21(30-15)25(17-10-8-16(14-22)9-11-17)12-13-29-18-6-4-3-5-7-18/h3-11H,12-13H2,1-2H3,(H,24,26). The Hall–Kier alpha value is -3.42. The van der Waals surface area contributed by atoms with Gasteiger partial charge in [-0.3, -0.25) is 4.79 Å². The Morgan fingerprint density at radius 2 is 1.87 bits per heavy atom. The third-order valence-electron chi connectivity index (χ3n) is 4.14. The van der Waals surface area contributed by atoms with E-state index < -0.39 is 15.9 Å². The molecule has 0 spiro atoms. The van der Waals surface area contributed by atoms with Gasteiger partial charge >= 0.3 is 0 Å². The van der Waals surface area contributed by atoms with Gasteiger partial charge in [-0.1, -0.05) is 18.2 Å². The minimum absolute atomic E-state index is 0.0491. The van der Waals surface area contributed by atoms with Gasteiger partial charge < -0.3 is 9.64 Å². The lowest BCUT2D eigenvalue weighted by Crippen LogP contribution is -2.30. The molecule has 8 nitrogen and oxygen atoms in total.